The van der Waals surface area contributed by atoms with Gasteiger partial charge in [0.25, 0.3) is 0 Å². The zero-order chi connectivity index (χ0) is 11.7. The zero-order valence-electron chi connectivity index (χ0n) is 9.02. The lowest BCUT2D eigenvalue weighted by Crippen LogP contribution is -2.41. The fourth-order valence-electron chi connectivity index (χ4n) is 1.80. The van der Waals surface area contributed by atoms with E-state index in [-0.39, 0.29) is 10.6 Å². The second-order valence-corrected chi connectivity index (χ2v) is 6.39. The summed E-state index contributed by atoms with van der Waals surface area (Å²) in [6.45, 7) is 6.20. The first kappa shape index (κ1) is 12.2. The highest BCUT2D eigenvalue weighted by Crippen LogP contribution is 2.27. The van der Waals surface area contributed by atoms with Crippen molar-refractivity contribution in [1.29, 1.82) is 0 Å². The molecule has 0 bridgehead atoms. The maximum Gasteiger partial charge on any atom is 0.231 e. The molecule has 0 N–H and O–H groups in total. The molecule has 0 saturated carbocycles. The Balaban J connectivity index is 2.22. The minimum Gasteiger partial charge on any atom is -0.338 e. The molecule has 1 aromatic rings. The summed E-state index contributed by atoms with van der Waals surface area (Å²) in [6.07, 6.45) is 0. The van der Waals surface area contributed by atoms with E-state index in [2.05, 4.69) is 33.7 Å². The van der Waals surface area contributed by atoms with Crippen LogP contribution in [0.15, 0.2) is 0 Å². The summed E-state index contributed by atoms with van der Waals surface area (Å²) in [7, 11) is 0. The van der Waals surface area contributed by atoms with Crippen LogP contribution < -0.4 is 4.90 Å². The van der Waals surface area contributed by atoms with Gasteiger partial charge in [-0.25, -0.2) is 0 Å². The van der Waals surface area contributed by atoms with Crippen LogP contribution in [0.1, 0.15) is 13.8 Å². The van der Waals surface area contributed by atoms with E-state index < -0.39 is 0 Å². The monoisotopic (exact) mass is 278 g/mol. The Kier molecular flexibility index (Phi) is 3.77. The fourth-order valence-corrected chi connectivity index (χ4v) is 3.48. The van der Waals surface area contributed by atoms with E-state index in [1.165, 1.54) is 0 Å². The number of aromatic nitrogens is 3. The molecule has 1 aromatic heterocycles. The van der Waals surface area contributed by atoms with Crippen molar-refractivity contribution in [2.45, 2.75) is 24.3 Å². The van der Waals surface area contributed by atoms with Crippen molar-refractivity contribution in [3.8, 4) is 0 Å². The summed E-state index contributed by atoms with van der Waals surface area (Å²) in [6, 6.07) is 0. The quantitative estimate of drug-likeness (QED) is 0.790. The molecule has 16 heavy (non-hydrogen) atoms. The maximum absolute atomic E-state index is 5.76. The summed E-state index contributed by atoms with van der Waals surface area (Å²) in [5.41, 5.74) is 0. The van der Waals surface area contributed by atoms with Gasteiger partial charge in [-0.3, -0.25) is 0 Å². The molecule has 2 heterocycles. The van der Waals surface area contributed by atoms with E-state index in [1.54, 1.807) is 0 Å². The van der Waals surface area contributed by atoms with Crippen LogP contribution in [0.4, 0.5) is 5.95 Å². The van der Waals surface area contributed by atoms with Crippen molar-refractivity contribution in [2.75, 3.05) is 18.0 Å². The van der Waals surface area contributed by atoms with Gasteiger partial charge in [-0.15, -0.1) is 0 Å². The molecular formula is C9H12Cl2N4S. The number of rotatable bonds is 1. The van der Waals surface area contributed by atoms with E-state index in [0.29, 0.717) is 16.4 Å². The third-order valence-electron chi connectivity index (χ3n) is 2.27. The summed E-state index contributed by atoms with van der Waals surface area (Å²) < 4.78 is 0. The highest BCUT2D eigenvalue weighted by molar-refractivity contribution is 8.00. The minimum atomic E-state index is 0.147. The smallest absolute Gasteiger partial charge is 0.231 e. The number of hydrogen-bond acceptors (Lipinski definition) is 5. The lowest BCUT2D eigenvalue weighted by atomic mass is 10.3. The summed E-state index contributed by atoms with van der Waals surface area (Å²) in [4.78, 5) is 14.1. The lowest BCUT2D eigenvalue weighted by molar-refractivity contribution is 0.703. The predicted molar refractivity (Wildman–Crippen MR) is 68.6 cm³/mol. The minimum absolute atomic E-state index is 0.147. The zero-order valence-corrected chi connectivity index (χ0v) is 11.4. The molecule has 1 fully saturated rings. The Morgan fingerprint density at radius 3 is 2.06 bits per heavy atom. The molecule has 0 aliphatic carbocycles. The van der Waals surface area contributed by atoms with Crippen molar-refractivity contribution >= 4 is 40.9 Å². The van der Waals surface area contributed by atoms with Crippen LogP contribution in [-0.4, -0.2) is 38.5 Å². The van der Waals surface area contributed by atoms with Gasteiger partial charge >= 0.3 is 0 Å². The van der Waals surface area contributed by atoms with Crippen molar-refractivity contribution in [2.24, 2.45) is 0 Å². The topological polar surface area (TPSA) is 41.9 Å². The second kappa shape index (κ2) is 4.94. The van der Waals surface area contributed by atoms with Gasteiger partial charge in [0.15, 0.2) is 0 Å². The number of thioether (sulfide) groups is 1. The molecule has 1 aliphatic heterocycles. The van der Waals surface area contributed by atoms with Crippen LogP contribution in [0.5, 0.6) is 0 Å². The van der Waals surface area contributed by atoms with Gasteiger partial charge in [-0.2, -0.15) is 26.7 Å². The van der Waals surface area contributed by atoms with Crippen molar-refractivity contribution in [3.63, 3.8) is 0 Å². The molecular weight excluding hydrogens is 267 g/mol. The van der Waals surface area contributed by atoms with E-state index in [9.17, 15) is 0 Å². The summed E-state index contributed by atoms with van der Waals surface area (Å²) in [5.74, 6) is 0.573. The molecule has 0 amide bonds. The first-order valence-electron chi connectivity index (χ1n) is 5.02. The van der Waals surface area contributed by atoms with E-state index >= 15 is 0 Å². The summed E-state index contributed by atoms with van der Waals surface area (Å²) >= 11 is 13.5. The van der Waals surface area contributed by atoms with Crippen LogP contribution in [0.3, 0.4) is 0 Å². The van der Waals surface area contributed by atoms with E-state index in [4.69, 9.17) is 23.2 Å². The number of nitrogens with zero attached hydrogens (tertiary/aromatic N) is 4. The molecule has 7 heteroatoms. The predicted octanol–water partition coefficient (Wildman–Crippen LogP) is 2.51. The number of hydrogen-bond donors (Lipinski definition) is 0. The van der Waals surface area contributed by atoms with Crippen LogP contribution in [0.25, 0.3) is 0 Å². The standard InChI is InChI=1S/C9H12Cl2N4S/c1-5-3-15(4-6(2)16-5)9-13-7(10)12-8(11)14-9/h5-6H,3-4H2,1-2H3. The van der Waals surface area contributed by atoms with E-state index in [0.717, 1.165) is 13.1 Å². The van der Waals surface area contributed by atoms with Crippen LogP contribution in [0.2, 0.25) is 10.6 Å². The molecule has 0 aromatic carbocycles. The Bertz CT molecular complexity index is 360. The Morgan fingerprint density at radius 2 is 1.56 bits per heavy atom. The van der Waals surface area contributed by atoms with Gasteiger partial charge in [-0.1, -0.05) is 13.8 Å². The largest absolute Gasteiger partial charge is 0.338 e. The first-order chi connectivity index (χ1) is 7.54. The SMILES string of the molecule is CC1CN(c2nc(Cl)nc(Cl)n2)CC(C)S1. The fraction of sp³-hybridized carbons (Fsp3) is 0.667. The lowest BCUT2D eigenvalue weighted by Gasteiger charge is -2.34. The van der Waals surface area contributed by atoms with Crippen LogP contribution in [-0.2, 0) is 0 Å². The molecule has 4 nitrogen and oxygen atoms in total. The third kappa shape index (κ3) is 2.90. The van der Waals surface area contributed by atoms with Gasteiger partial charge in [0.2, 0.25) is 16.5 Å². The molecule has 0 spiro atoms. The van der Waals surface area contributed by atoms with Crippen LogP contribution >= 0.6 is 35.0 Å². The highest BCUT2D eigenvalue weighted by Gasteiger charge is 2.24. The Labute approximate surface area is 109 Å². The van der Waals surface area contributed by atoms with Gasteiger partial charge in [0, 0.05) is 23.6 Å². The van der Waals surface area contributed by atoms with Crippen LogP contribution in [0, 0.1) is 0 Å². The van der Waals surface area contributed by atoms with Crippen molar-refractivity contribution in [1.82, 2.24) is 15.0 Å². The third-order valence-corrected chi connectivity index (χ3v) is 3.84. The van der Waals surface area contributed by atoms with Crippen molar-refractivity contribution < 1.29 is 0 Å². The van der Waals surface area contributed by atoms with Gasteiger partial charge < -0.3 is 4.90 Å². The number of anilines is 1. The van der Waals surface area contributed by atoms with Gasteiger partial charge in [0.1, 0.15) is 0 Å². The Morgan fingerprint density at radius 1 is 1.06 bits per heavy atom. The molecule has 2 unspecified atom stereocenters. The Hall–Kier alpha value is -0.260. The summed E-state index contributed by atoms with van der Waals surface area (Å²) in [5, 5.41) is 1.40. The molecule has 1 saturated heterocycles. The molecule has 2 atom stereocenters. The van der Waals surface area contributed by atoms with Gasteiger partial charge in [-0.05, 0) is 23.2 Å². The molecule has 88 valence electrons. The molecule has 0 radical (unpaired) electrons. The van der Waals surface area contributed by atoms with E-state index in [1.807, 2.05) is 11.8 Å². The second-order valence-electron chi connectivity index (χ2n) is 3.84. The van der Waals surface area contributed by atoms with Gasteiger partial charge in [0.05, 0.1) is 0 Å². The normalized spacial score (nSPS) is 25.9. The molecule has 2 rings (SSSR count). The molecule has 1 aliphatic rings. The first-order valence-corrected chi connectivity index (χ1v) is 6.72. The maximum atomic E-state index is 5.76. The van der Waals surface area contributed by atoms with Crippen molar-refractivity contribution in [3.05, 3.63) is 10.6 Å². The highest BCUT2D eigenvalue weighted by atomic mass is 35.5. The average Bonchev–Trinajstić information content (AvgIpc) is 2.14. The number of halogens is 2. The average molecular weight is 279 g/mol.